The van der Waals surface area contributed by atoms with Gasteiger partial charge in [0.2, 0.25) is 0 Å². The molecule has 0 unspecified atom stereocenters. The fourth-order valence-electron chi connectivity index (χ4n) is 2.94. The summed E-state index contributed by atoms with van der Waals surface area (Å²) >= 11 is 0. The highest BCUT2D eigenvalue weighted by molar-refractivity contribution is 5.93. The number of H-pyrrole nitrogens is 1. The zero-order chi connectivity index (χ0) is 20.3. The maximum Gasteiger partial charge on any atom is 0.264 e. The molecule has 0 aliphatic rings. The van der Waals surface area contributed by atoms with Crippen molar-refractivity contribution in [2.45, 2.75) is 33.2 Å². The first-order chi connectivity index (χ1) is 13.4. The number of aromatic nitrogens is 3. The number of hydrogen-bond acceptors (Lipinski definition) is 4. The fraction of sp³-hybridized carbons (Fsp3) is 0.273. The summed E-state index contributed by atoms with van der Waals surface area (Å²) in [5.74, 6) is 0.0895. The molecule has 1 amide bonds. The number of nitrogens with zero attached hydrogens (tertiary/aromatic N) is 3. The summed E-state index contributed by atoms with van der Waals surface area (Å²) in [5.41, 5.74) is 3.53. The van der Waals surface area contributed by atoms with Crippen LogP contribution in [0.25, 0.3) is 11.4 Å². The molecule has 28 heavy (non-hydrogen) atoms. The van der Waals surface area contributed by atoms with Crippen LogP contribution in [0.3, 0.4) is 0 Å². The molecule has 6 nitrogen and oxygen atoms in total. The highest BCUT2D eigenvalue weighted by Gasteiger charge is 2.22. The second-order valence-electron chi connectivity index (χ2n) is 7.08. The normalized spacial score (nSPS) is 11.9. The number of rotatable bonds is 5. The monoisotopic (exact) mass is 376 g/mol. The molecule has 0 aliphatic carbocycles. The van der Waals surface area contributed by atoms with Gasteiger partial charge in [-0.3, -0.25) is 14.6 Å². The Hall–Kier alpha value is -3.28. The molecule has 2 aromatic heterocycles. The van der Waals surface area contributed by atoms with Crippen LogP contribution in [0.5, 0.6) is 0 Å². The van der Waals surface area contributed by atoms with Crippen LogP contribution in [0.4, 0.5) is 0 Å². The van der Waals surface area contributed by atoms with Gasteiger partial charge in [0.05, 0.1) is 0 Å². The Kier molecular flexibility index (Phi) is 5.68. The largest absolute Gasteiger partial charge is 0.338 e. The number of aryl methyl sites for hydroxylation is 2. The summed E-state index contributed by atoms with van der Waals surface area (Å²) in [6, 6.07) is 11.4. The number of nitrogens with one attached hydrogen (secondary N) is 1. The third kappa shape index (κ3) is 4.17. The standard InChI is InChI=1S/C22H24N4O2/c1-14-7-9-17(10-8-14)20-24-13-18(21(27)25-20)22(28)26(4)16(3)12-19-15(2)6-5-11-23-19/h5-11,13,16H,12H2,1-4H3,(H,24,25,27)/t16-/m1/s1. The van der Waals surface area contributed by atoms with Crippen LogP contribution >= 0.6 is 0 Å². The van der Waals surface area contributed by atoms with Crippen LogP contribution in [0.2, 0.25) is 0 Å². The number of hydrogen-bond donors (Lipinski definition) is 1. The third-order valence-electron chi connectivity index (χ3n) is 4.94. The van der Waals surface area contributed by atoms with Crippen LogP contribution in [-0.2, 0) is 6.42 Å². The molecule has 1 N–H and O–H groups in total. The molecule has 0 radical (unpaired) electrons. The minimum atomic E-state index is -0.441. The van der Waals surface area contributed by atoms with E-state index in [2.05, 4.69) is 15.0 Å². The number of carbonyl (C=O) groups excluding carboxylic acids is 1. The van der Waals surface area contributed by atoms with Crippen LogP contribution in [0.1, 0.15) is 34.1 Å². The van der Waals surface area contributed by atoms with Gasteiger partial charge >= 0.3 is 0 Å². The molecule has 1 aromatic carbocycles. The molecule has 0 aliphatic heterocycles. The molecule has 0 saturated heterocycles. The van der Waals surface area contributed by atoms with E-state index in [9.17, 15) is 9.59 Å². The van der Waals surface area contributed by atoms with Gasteiger partial charge in [-0.1, -0.05) is 35.9 Å². The first kappa shape index (κ1) is 19.5. The number of carbonyl (C=O) groups is 1. The van der Waals surface area contributed by atoms with Gasteiger partial charge in [0, 0.05) is 43.2 Å². The highest BCUT2D eigenvalue weighted by atomic mass is 16.2. The number of likely N-dealkylation sites (N-methyl/N-ethyl adjacent to an activating group) is 1. The lowest BCUT2D eigenvalue weighted by Gasteiger charge is -2.25. The average Bonchev–Trinajstić information content (AvgIpc) is 2.69. The fourth-order valence-corrected chi connectivity index (χ4v) is 2.94. The van der Waals surface area contributed by atoms with Crippen LogP contribution in [0.15, 0.2) is 53.6 Å². The van der Waals surface area contributed by atoms with Gasteiger partial charge < -0.3 is 9.88 Å². The van der Waals surface area contributed by atoms with Gasteiger partial charge in [-0.05, 0) is 32.4 Å². The molecular weight excluding hydrogens is 352 g/mol. The summed E-state index contributed by atoms with van der Waals surface area (Å²) < 4.78 is 0. The molecule has 0 bridgehead atoms. The number of benzene rings is 1. The Morgan fingerprint density at radius 3 is 2.50 bits per heavy atom. The van der Waals surface area contributed by atoms with Gasteiger partial charge in [-0.2, -0.15) is 0 Å². The Morgan fingerprint density at radius 1 is 1.14 bits per heavy atom. The lowest BCUT2D eigenvalue weighted by Crippen LogP contribution is -2.39. The minimum absolute atomic E-state index is 0.0305. The predicted molar refractivity (Wildman–Crippen MR) is 109 cm³/mol. The topological polar surface area (TPSA) is 79.0 Å². The second kappa shape index (κ2) is 8.17. The number of pyridine rings is 1. The van der Waals surface area contributed by atoms with E-state index in [0.29, 0.717) is 12.2 Å². The maximum absolute atomic E-state index is 12.8. The Bertz CT molecular complexity index is 1040. The van der Waals surface area contributed by atoms with Crippen molar-refractivity contribution >= 4 is 5.91 Å². The minimum Gasteiger partial charge on any atom is -0.338 e. The van der Waals surface area contributed by atoms with Crippen molar-refractivity contribution in [3.05, 3.63) is 81.5 Å². The van der Waals surface area contributed by atoms with Crippen molar-refractivity contribution in [3.8, 4) is 11.4 Å². The molecule has 6 heteroatoms. The average molecular weight is 376 g/mol. The van der Waals surface area contributed by atoms with Gasteiger partial charge in [-0.15, -0.1) is 0 Å². The van der Waals surface area contributed by atoms with E-state index in [-0.39, 0.29) is 17.5 Å². The van der Waals surface area contributed by atoms with Crippen molar-refractivity contribution in [1.29, 1.82) is 0 Å². The smallest absolute Gasteiger partial charge is 0.264 e. The molecule has 144 valence electrons. The molecule has 0 spiro atoms. The molecule has 3 aromatic rings. The summed E-state index contributed by atoms with van der Waals surface area (Å²) in [6.07, 6.45) is 3.71. The van der Waals surface area contributed by atoms with E-state index in [1.807, 2.05) is 57.2 Å². The quantitative estimate of drug-likeness (QED) is 0.742. The van der Waals surface area contributed by atoms with Crippen molar-refractivity contribution in [3.63, 3.8) is 0 Å². The summed E-state index contributed by atoms with van der Waals surface area (Å²) in [6.45, 7) is 5.93. The summed E-state index contributed by atoms with van der Waals surface area (Å²) in [4.78, 5) is 38.3. The summed E-state index contributed by atoms with van der Waals surface area (Å²) in [7, 11) is 1.69. The molecule has 2 heterocycles. The molecule has 3 rings (SSSR count). The highest BCUT2D eigenvalue weighted by Crippen LogP contribution is 2.15. The van der Waals surface area contributed by atoms with E-state index in [0.717, 1.165) is 22.4 Å². The van der Waals surface area contributed by atoms with Gasteiger partial charge in [0.1, 0.15) is 11.4 Å². The van der Waals surface area contributed by atoms with E-state index in [1.165, 1.54) is 6.20 Å². The van der Waals surface area contributed by atoms with E-state index < -0.39 is 5.56 Å². The van der Waals surface area contributed by atoms with E-state index >= 15 is 0 Å². The van der Waals surface area contributed by atoms with Gasteiger partial charge in [-0.25, -0.2) is 4.98 Å². The summed E-state index contributed by atoms with van der Waals surface area (Å²) in [5, 5.41) is 0. The Balaban J connectivity index is 1.78. The third-order valence-corrected chi connectivity index (χ3v) is 4.94. The van der Waals surface area contributed by atoms with E-state index in [4.69, 9.17) is 0 Å². The zero-order valence-corrected chi connectivity index (χ0v) is 16.6. The zero-order valence-electron chi connectivity index (χ0n) is 16.6. The molecular formula is C22H24N4O2. The van der Waals surface area contributed by atoms with Gasteiger partial charge in [0.15, 0.2) is 0 Å². The van der Waals surface area contributed by atoms with E-state index in [1.54, 1.807) is 18.1 Å². The van der Waals surface area contributed by atoms with Crippen molar-refractivity contribution in [2.24, 2.45) is 0 Å². The first-order valence-corrected chi connectivity index (χ1v) is 9.21. The molecule has 0 fully saturated rings. The molecule has 1 atom stereocenters. The second-order valence-corrected chi connectivity index (χ2v) is 7.08. The SMILES string of the molecule is Cc1ccc(-c2ncc(C(=O)N(C)[C@H](C)Cc3ncccc3C)c(=O)[nH]2)cc1. The number of amides is 1. The van der Waals surface area contributed by atoms with Crippen LogP contribution in [0, 0.1) is 13.8 Å². The van der Waals surface area contributed by atoms with Crippen molar-refractivity contribution < 1.29 is 4.79 Å². The molecule has 0 saturated carbocycles. The lowest BCUT2D eigenvalue weighted by molar-refractivity contribution is 0.0740. The lowest BCUT2D eigenvalue weighted by atomic mass is 10.1. The first-order valence-electron chi connectivity index (χ1n) is 9.21. The van der Waals surface area contributed by atoms with Crippen molar-refractivity contribution in [2.75, 3.05) is 7.05 Å². The Morgan fingerprint density at radius 2 is 1.86 bits per heavy atom. The van der Waals surface area contributed by atoms with Crippen LogP contribution < -0.4 is 5.56 Å². The van der Waals surface area contributed by atoms with Crippen LogP contribution in [-0.4, -0.2) is 38.8 Å². The van der Waals surface area contributed by atoms with Gasteiger partial charge in [0.25, 0.3) is 11.5 Å². The van der Waals surface area contributed by atoms with Crippen molar-refractivity contribution in [1.82, 2.24) is 19.9 Å². The maximum atomic E-state index is 12.8. The predicted octanol–water partition coefficient (Wildman–Crippen LogP) is 3.15. The number of aromatic amines is 1. The Labute approximate surface area is 164 Å².